The molecule has 0 fully saturated rings. The molecule has 0 aliphatic heterocycles. The fraction of sp³-hybridized carbons (Fsp3) is 0.706. The van der Waals surface area contributed by atoms with Crippen LogP contribution in [0.3, 0.4) is 0 Å². The van der Waals surface area contributed by atoms with Crippen molar-refractivity contribution in [2.45, 2.75) is 46.6 Å². The van der Waals surface area contributed by atoms with Crippen LogP contribution in [0, 0.1) is 0 Å². The van der Waals surface area contributed by atoms with Crippen molar-refractivity contribution in [2.75, 3.05) is 37.6 Å². The molecular formula is C17H32N4. The minimum absolute atomic E-state index is 0.0526. The number of pyridine rings is 1. The first kappa shape index (κ1) is 17.9. The number of hydrogen-bond acceptors (Lipinski definition) is 4. The molecule has 1 aromatic heterocycles. The van der Waals surface area contributed by atoms with Crippen molar-refractivity contribution in [3.63, 3.8) is 0 Å². The van der Waals surface area contributed by atoms with Gasteiger partial charge in [-0.2, -0.15) is 0 Å². The van der Waals surface area contributed by atoms with Crippen molar-refractivity contribution >= 4 is 5.69 Å². The van der Waals surface area contributed by atoms with E-state index < -0.39 is 0 Å². The Balaban J connectivity index is 2.55. The van der Waals surface area contributed by atoms with Crippen molar-refractivity contribution in [1.82, 2.24) is 9.88 Å². The monoisotopic (exact) mass is 292 g/mol. The summed E-state index contributed by atoms with van der Waals surface area (Å²) in [5.41, 5.74) is 8.20. The molecule has 120 valence electrons. The highest BCUT2D eigenvalue weighted by molar-refractivity contribution is 5.44. The molecule has 0 saturated heterocycles. The minimum Gasteiger partial charge on any atom is -0.371 e. The normalized spacial score (nSPS) is 12.7. The second kappa shape index (κ2) is 9.74. The second-order valence-corrected chi connectivity index (χ2v) is 5.42. The molecule has 0 radical (unpaired) electrons. The van der Waals surface area contributed by atoms with Crippen LogP contribution in [0.25, 0.3) is 0 Å². The van der Waals surface area contributed by atoms with Gasteiger partial charge in [0.25, 0.3) is 0 Å². The van der Waals surface area contributed by atoms with E-state index in [-0.39, 0.29) is 6.04 Å². The zero-order valence-electron chi connectivity index (χ0n) is 14.2. The largest absolute Gasteiger partial charge is 0.371 e. The van der Waals surface area contributed by atoms with Gasteiger partial charge in [0.1, 0.15) is 0 Å². The molecule has 1 rings (SSSR count). The van der Waals surface area contributed by atoms with Crippen LogP contribution < -0.4 is 10.6 Å². The van der Waals surface area contributed by atoms with E-state index in [0.29, 0.717) is 0 Å². The van der Waals surface area contributed by atoms with E-state index in [4.69, 9.17) is 5.73 Å². The van der Waals surface area contributed by atoms with E-state index in [1.54, 1.807) is 0 Å². The summed E-state index contributed by atoms with van der Waals surface area (Å²) >= 11 is 0. The standard InChI is InChI=1S/C17H32N4/c1-5-16(18)17-11-10-15(14-19-17)21(8-4)13-9-12-20(6-2)7-3/h10-11,14,16H,5-9,12-13,18H2,1-4H3/t16-/m1/s1. The Morgan fingerprint density at radius 1 is 1.05 bits per heavy atom. The lowest BCUT2D eigenvalue weighted by Gasteiger charge is -2.25. The smallest absolute Gasteiger partial charge is 0.0572 e. The predicted octanol–water partition coefficient (Wildman–Crippen LogP) is 3.05. The van der Waals surface area contributed by atoms with Gasteiger partial charge in [0.2, 0.25) is 0 Å². The van der Waals surface area contributed by atoms with Gasteiger partial charge < -0.3 is 15.5 Å². The molecule has 0 saturated carbocycles. The molecule has 0 aliphatic carbocycles. The van der Waals surface area contributed by atoms with Gasteiger partial charge in [0.15, 0.2) is 0 Å². The quantitative estimate of drug-likeness (QED) is 0.720. The average molecular weight is 292 g/mol. The third kappa shape index (κ3) is 5.64. The molecule has 4 heteroatoms. The van der Waals surface area contributed by atoms with Crippen LogP contribution in [-0.4, -0.2) is 42.6 Å². The van der Waals surface area contributed by atoms with Gasteiger partial charge in [0.05, 0.1) is 17.6 Å². The Labute approximate surface area is 130 Å². The summed E-state index contributed by atoms with van der Waals surface area (Å²) in [6.07, 6.45) is 4.07. The van der Waals surface area contributed by atoms with Crippen molar-refractivity contribution in [1.29, 1.82) is 0 Å². The summed E-state index contributed by atoms with van der Waals surface area (Å²) in [7, 11) is 0. The molecule has 0 spiro atoms. The van der Waals surface area contributed by atoms with E-state index in [0.717, 1.165) is 44.8 Å². The number of rotatable bonds is 10. The number of hydrogen-bond donors (Lipinski definition) is 1. The molecule has 0 aromatic carbocycles. The first-order valence-corrected chi connectivity index (χ1v) is 8.34. The summed E-state index contributed by atoms with van der Waals surface area (Å²) in [4.78, 5) is 9.37. The van der Waals surface area contributed by atoms with Crippen LogP contribution >= 0.6 is 0 Å². The van der Waals surface area contributed by atoms with Crippen LogP contribution in [0.2, 0.25) is 0 Å². The van der Waals surface area contributed by atoms with Crippen molar-refractivity contribution in [3.05, 3.63) is 24.0 Å². The van der Waals surface area contributed by atoms with Gasteiger partial charge in [0, 0.05) is 19.1 Å². The molecule has 2 N–H and O–H groups in total. The number of anilines is 1. The first-order valence-electron chi connectivity index (χ1n) is 8.34. The number of nitrogens with two attached hydrogens (primary N) is 1. The van der Waals surface area contributed by atoms with Gasteiger partial charge in [-0.3, -0.25) is 4.98 Å². The highest BCUT2D eigenvalue weighted by atomic mass is 15.1. The molecule has 21 heavy (non-hydrogen) atoms. The third-order valence-corrected chi connectivity index (χ3v) is 4.13. The lowest BCUT2D eigenvalue weighted by atomic mass is 10.1. The van der Waals surface area contributed by atoms with Crippen molar-refractivity contribution in [3.8, 4) is 0 Å². The average Bonchev–Trinajstić information content (AvgIpc) is 2.55. The molecule has 0 amide bonds. The lowest BCUT2D eigenvalue weighted by Crippen LogP contribution is -2.30. The summed E-state index contributed by atoms with van der Waals surface area (Å²) in [6, 6.07) is 4.27. The fourth-order valence-corrected chi connectivity index (χ4v) is 2.51. The van der Waals surface area contributed by atoms with Crippen LogP contribution in [0.5, 0.6) is 0 Å². The minimum atomic E-state index is 0.0526. The zero-order chi connectivity index (χ0) is 15.7. The number of nitrogens with zero attached hydrogens (tertiary/aromatic N) is 3. The maximum atomic E-state index is 6.02. The summed E-state index contributed by atoms with van der Waals surface area (Å²) < 4.78 is 0. The summed E-state index contributed by atoms with van der Waals surface area (Å²) in [5.74, 6) is 0. The molecule has 0 unspecified atom stereocenters. The summed E-state index contributed by atoms with van der Waals surface area (Å²) in [6.45, 7) is 14.3. The zero-order valence-corrected chi connectivity index (χ0v) is 14.2. The van der Waals surface area contributed by atoms with E-state index in [1.165, 1.54) is 12.1 Å². The second-order valence-electron chi connectivity index (χ2n) is 5.42. The van der Waals surface area contributed by atoms with Crippen LogP contribution in [0.15, 0.2) is 18.3 Å². The van der Waals surface area contributed by atoms with E-state index in [9.17, 15) is 0 Å². The summed E-state index contributed by atoms with van der Waals surface area (Å²) in [5, 5.41) is 0. The van der Waals surface area contributed by atoms with Crippen LogP contribution in [0.4, 0.5) is 5.69 Å². The Morgan fingerprint density at radius 2 is 1.76 bits per heavy atom. The molecule has 0 aliphatic rings. The molecular weight excluding hydrogens is 260 g/mol. The maximum absolute atomic E-state index is 6.02. The first-order chi connectivity index (χ1) is 10.2. The van der Waals surface area contributed by atoms with Gasteiger partial charge in [-0.1, -0.05) is 20.8 Å². The van der Waals surface area contributed by atoms with Crippen LogP contribution in [0.1, 0.15) is 52.3 Å². The third-order valence-electron chi connectivity index (χ3n) is 4.13. The molecule has 0 bridgehead atoms. The predicted molar refractivity (Wildman–Crippen MR) is 91.7 cm³/mol. The van der Waals surface area contributed by atoms with E-state index >= 15 is 0 Å². The lowest BCUT2D eigenvalue weighted by molar-refractivity contribution is 0.301. The fourth-order valence-electron chi connectivity index (χ4n) is 2.51. The van der Waals surface area contributed by atoms with Gasteiger partial charge in [-0.25, -0.2) is 0 Å². The molecule has 1 atom stereocenters. The van der Waals surface area contributed by atoms with Crippen molar-refractivity contribution < 1.29 is 0 Å². The van der Waals surface area contributed by atoms with Gasteiger partial charge >= 0.3 is 0 Å². The highest BCUT2D eigenvalue weighted by Crippen LogP contribution is 2.17. The van der Waals surface area contributed by atoms with Gasteiger partial charge in [-0.15, -0.1) is 0 Å². The number of aromatic nitrogens is 1. The van der Waals surface area contributed by atoms with Crippen molar-refractivity contribution in [2.24, 2.45) is 5.73 Å². The van der Waals surface area contributed by atoms with Crippen LogP contribution in [-0.2, 0) is 0 Å². The molecule has 1 heterocycles. The van der Waals surface area contributed by atoms with E-state index in [2.05, 4.69) is 54.6 Å². The Kier molecular flexibility index (Phi) is 8.31. The highest BCUT2D eigenvalue weighted by Gasteiger charge is 2.08. The topological polar surface area (TPSA) is 45.4 Å². The Hall–Kier alpha value is -1.13. The van der Waals surface area contributed by atoms with Gasteiger partial charge in [-0.05, 0) is 51.5 Å². The molecule has 1 aromatic rings. The Bertz CT molecular complexity index is 373. The Morgan fingerprint density at radius 3 is 2.24 bits per heavy atom. The molecule has 4 nitrogen and oxygen atoms in total. The SMILES string of the molecule is CC[C@@H](N)c1ccc(N(CC)CCCN(CC)CC)cn1. The maximum Gasteiger partial charge on any atom is 0.0572 e. The van der Waals surface area contributed by atoms with E-state index in [1.807, 2.05) is 6.20 Å².